The van der Waals surface area contributed by atoms with Crippen molar-refractivity contribution in [3.05, 3.63) is 261 Å². The number of aromatic nitrogens is 1. The summed E-state index contributed by atoms with van der Waals surface area (Å²) in [6.45, 7) is -0.0609. The van der Waals surface area contributed by atoms with E-state index in [0.29, 0.717) is 0 Å². The van der Waals surface area contributed by atoms with Gasteiger partial charge in [0.05, 0.1) is 11.0 Å². The molecule has 2 heterocycles. The van der Waals surface area contributed by atoms with Crippen LogP contribution >= 0.6 is 0 Å². The third-order valence-electron chi connectivity index (χ3n) is 13.4. The number of nitrogens with zero attached hydrogens (tertiary/aromatic N) is 2. The molecule has 2 nitrogen and oxygen atoms in total. The number of benzene rings is 10. The lowest BCUT2D eigenvalue weighted by Gasteiger charge is -2.39. The Morgan fingerprint density at radius 3 is 1.44 bits per heavy atom. The maximum absolute atomic E-state index is 2.81. The van der Waals surface area contributed by atoms with E-state index in [1.54, 1.807) is 0 Å². The van der Waals surface area contributed by atoms with Crippen molar-refractivity contribution in [2.45, 2.75) is 0 Å². The van der Waals surface area contributed by atoms with Crippen molar-refractivity contribution in [1.82, 2.24) is 4.57 Å². The first-order valence-corrected chi connectivity index (χ1v) is 24.2. The largest absolute Gasteiger partial charge is 0.376 e. The van der Waals surface area contributed by atoms with Gasteiger partial charge in [-0.25, -0.2) is 0 Å². The van der Waals surface area contributed by atoms with Crippen molar-refractivity contribution in [3.8, 4) is 27.9 Å². The molecule has 300 valence electrons. The van der Waals surface area contributed by atoms with E-state index < -0.39 is 8.07 Å². The number of hydrogen-bond acceptors (Lipinski definition) is 1. The van der Waals surface area contributed by atoms with Gasteiger partial charge < -0.3 is 9.38 Å². The van der Waals surface area contributed by atoms with Gasteiger partial charge in [-0.2, -0.15) is 0 Å². The van der Waals surface area contributed by atoms with E-state index in [9.17, 15) is 0 Å². The monoisotopic (exact) mass is 830 g/mol. The summed E-state index contributed by atoms with van der Waals surface area (Å²) in [6, 6.07) is 97.0. The van der Waals surface area contributed by atoms with Crippen molar-refractivity contribution in [2.75, 3.05) is 4.81 Å². The number of para-hydroxylation sites is 3. The minimum atomic E-state index is -2.81. The van der Waals surface area contributed by atoms with Gasteiger partial charge in [0.2, 0.25) is 0 Å². The Morgan fingerprint density at radius 1 is 0.328 bits per heavy atom. The van der Waals surface area contributed by atoms with E-state index in [2.05, 4.69) is 270 Å². The standard InChI is InChI=1S/C60H43BN2Si/c1-5-23-46(24-6-1)61-57-36-17-13-32-53(57)54-33-16-20-39-60(54)63(61)48-41-45(40-47(43-48)62-58-37-18-14-34-55(58)56-35-15-19-38-59(56)62)44-22-21-31-52(42-44)64(49-25-7-2-8-26-49,50-27-9-3-10-28-50)51-29-11-4-12-30-51/h1-43H. The Bertz CT molecular complexity index is 3310. The second-order valence-electron chi connectivity index (χ2n) is 16.8. The van der Waals surface area contributed by atoms with Crippen LogP contribution in [-0.4, -0.2) is 19.5 Å². The molecule has 1 aliphatic rings. The summed E-state index contributed by atoms with van der Waals surface area (Å²) in [5, 5.41) is 7.92. The third kappa shape index (κ3) is 6.10. The van der Waals surface area contributed by atoms with Gasteiger partial charge in [0.1, 0.15) is 0 Å². The molecule has 64 heavy (non-hydrogen) atoms. The zero-order valence-corrected chi connectivity index (χ0v) is 36.3. The lowest BCUT2D eigenvalue weighted by atomic mass is 9.46. The van der Waals surface area contributed by atoms with Crippen LogP contribution in [0.1, 0.15) is 0 Å². The summed E-state index contributed by atoms with van der Waals surface area (Å²) in [6.07, 6.45) is 0. The first-order chi connectivity index (χ1) is 31.8. The molecule has 0 atom stereocenters. The van der Waals surface area contributed by atoms with Crippen LogP contribution in [0.4, 0.5) is 11.4 Å². The van der Waals surface area contributed by atoms with Crippen LogP contribution in [0.2, 0.25) is 0 Å². The fraction of sp³-hybridized carbons (Fsp3) is 0. The SMILES string of the molecule is c1ccc(B2c3ccccc3-c3ccccc3N2c2cc(-c3cccc([Si](c4ccccc4)(c4ccccc4)c4ccccc4)c3)cc(-n3c4ccccc4c4ccccc43)c2)cc1. The lowest BCUT2D eigenvalue weighted by molar-refractivity contribution is 1.18. The van der Waals surface area contributed by atoms with Gasteiger partial charge in [-0.1, -0.05) is 230 Å². The highest BCUT2D eigenvalue weighted by Gasteiger charge is 2.42. The van der Waals surface area contributed by atoms with Crippen molar-refractivity contribution >= 4 is 79.8 Å². The Labute approximate surface area is 376 Å². The quantitative estimate of drug-likeness (QED) is 0.109. The zero-order valence-electron chi connectivity index (χ0n) is 35.3. The highest BCUT2D eigenvalue weighted by molar-refractivity contribution is 7.19. The molecule has 12 rings (SSSR count). The topological polar surface area (TPSA) is 8.17 Å². The minimum absolute atomic E-state index is 0.0609. The Morgan fingerprint density at radius 2 is 0.812 bits per heavy atom. The smallest absolute Gasteiger partial charge is 0.328 e. The second kappa shape index (κ2) is 15.8. The molecule has 0 fully saturated rings. The van der Waals surface area contributed by atoms with Crippen LogP contribution < -0.4 is 36.5 Å². The second-order valence-corrected chi connectivity index (χ2v) is 20.6. The molecular weight excluding hydrogens is 788 g/mol. The molecule has 1 aliphatic heterocycles. The molecule has 10 aromatic carbocycles. The summed E-state index contributed by atoms with van der Waals surface area (Å²) >= 11 is 0. The molecule has 0 bridgehead atoms. The molecule has 0 N–H and O–H groups in total. The summed E-state index contributed by atoms with van der Waals surface area (Å²) in [5.41, 5.74) is 13.2. The molecular formula is C60H43BN2Si. The molecule has 0 amide bonds. The summed E-state index contributed by atoms with van der Waals surface area (Å²) in [4.78, 5) is 2.59. The van der Waals surface area contributed by atoms with Gasteiger partial charge in [0.25, 0.3) is 0 Å². The van der Waals surface area contributed by atoms with Crippen LogP contribution in [0.15, 0.2) is 261 Å². The van der Waals surface area contributed by atoms with E-state index in [1.807, 2.05) is 0 Å². The van der Waals surface area contributed by atoms with E-state index >= 15 is 0 Å². The molecule has 0 saturated heterocycles. The van der Waals surface area contributed by atoms with Crippen LogP contribution in [0.3, 0.4) is 0 Å². The Hall–Kier alpha value is -7.92. The summed E-state index contributed by atoms with van der Waals surface area (Å²) < 4.78 is 2.47. The van der Waals surface area contributed by atoms with Gasteiger partial charge >= 0.3 is 6.85 Å². The molecule has 0 aliphatic carbocycles. The average Bonchev–Trinajstić information content (AvgIpc) is 3.72. The first-order valence-electron chi connectivity index (χ1n) is 22.2. The Kier molecular flexibility index (Phi) is 9.32. The molecule has 0 radical (unpaired) electrons. The molecule has 0 spiro atoms. The fourth-order valence-electron chi connectivity index (χ4n) is 10.6. The predicted molar refractivity (Wildman–Crippen MR) is 275 cm³/mol. The van der Waals surface area contributed by atoms with E-state index in [4.69, 9.17) is 0 Å². The number of fused-ring (bicyclic) bond motifs is 6. The lowest BCUT2D eigenvalue weighted by Crippen LogP contribution is -2.74. The fourth-order valence-corrected chi connectivity index (χ4v) is 15.4. The highest BCUT2D eigenvalue weighted by atomic mass is 28.3. The number of rotatable bonds is 8. The normalized spacial score (nSPS) is 12.3. The van der Waals surface area contributed by atoms with Crippen LogP contribution in [0.5, 0.6) is 0 Å². The molecule has 11 aromatic rings. The summed E-state index contributed by atoms with van der Waals surface area (Å²) in [7, 11) is -2.81. The van der Waals surface area contributed by atoms with Crippen molar-refractivity contribution in [1.29, 1.82) is 0 Å². The van der Waals surface area contributed by atoms with E-state index in [-0.39, 0.29) is 6.85 Å². The minimum Gasteiger partial charge on any atom is -0.376 e. The van der Waals surface area contributed by atoms with Gasteiger partial charge in [0, 0.05) is 33.4 Å². The van der Waals surface area contributed by atoms with Gasteiger partial charge in [-0.05, 0) is 79.3 Å². The first kappa shape index (κ1) is 37.8. The maximum Gasteiger partial charge on any atom is 0.328 e. The molecule has 0 saturated carbocycles. The van der Waals surface area contributed by atoms with Crippen LogP contribution in [0, 0.1) is 0 Å². The average molecular weight is 831 g/mol. The predicted octanol–water partition coefficient (Wildman–Crippen LogP) is 10.8. The maximum atomic E-state index is 2.59. The van der Waals surface area contributed by atoms with E-state index in [1.165, 1.54) is 75.9 Å². The third-order valence-corrected chi connectivity index (χ3v) is 18.1. The summed E-state index contributed by atoms with van der Waals surface area (Å²) in [5.74, 6) is 0. The molecule has 4 heteroatoms. The van der Waals surface area contributed by atoms with Gasteiger partial charge in [0.15, 0.2) is 8.07 Å². The van der Waals surface area contributed by atoms with Crippen LogP contribution in [0.25, 0.3) is 49.7 Å². The molecule has 1 aromatic heterocycles. The highest BCUT2D eigenvalue weighted by Crippen LogP contribution is 2.42. The van der Waals surface area contributed by atoms with Crippen molar-refractivity contribution in [3.63, 3.8) is 0 Å². The van der Waals surface area contributed by atoms with Gasteiger partial charge in [-0.3, -0.25) is 0 Å². The molecule has 0 unspecified atom stereocenters. The van der Waals surface area contributed by atoms with Crippen molar-refractivity contribution < 1.29 is 0 Å². The number of anilines is 2. The van der Waals surface area contributed by atoms with Gasteiger partial charge in [-0.15, -0.1) is 0 Å². The van der Waals surface area contributed by atoms with Crippen molar-refractivity contribution in [2.24, 2.45) is 0 Å². The zero-order chi connectivity index (χ0) is 42.5. The van der Waals surface area contributed by atoms with E-state index in [0.717, 1.165) is 16.9 Å². The van der Waals surface area contributed by atoms with Crippen LogP contribution in [-0.2, 0) is 0 Å². The Balaban J connectivity index is 1.16. The number of hydrogen-bond donors (Lipinski definition) is 0.